The molecule has 0 saturated carbocycles. The van der Waals surface area contributed by atoms with Gasteiger partial charge < -0.3 is 15.4 Å². The zero-order valence-corrected chi connectivity index (χ0v) is 13.6. The standard InChI is InChI=1S/C16H33N3O/c1-14(2)18-8-4-6-16(13-17,7-10-18)19-9-5-11-20-15(3)12-19/h14-15H,4-13,17H2,1-3H3. The molecule has 4 nitrogen and oxygen atoms in total. The molecule has 0 amide bonds. The molecule has 2 aliphatic rings. The van der Waals surface area contributed by atoms with E-state index < -0.39 is 0 Å². The van der Waals surface area contributed by atoms with Crippen molar-refractivity contribution in [1.29, 1.82) is 0 Å². The van der Waals surface area contributed by atoms with Gasteiger partial charge in [0.05, 0.1) is 6.10 Å². The van der Waals surface area contributed by atoms with E-state index >= 15 is 0 Å². The molecule has 0 radical (unpaired) electrons. The Morgan fingerprint density at radius 2 is 2.00 bits per heavy atom. The van der Waals surface area contributed by atoms with Gasteiger partial charge in [-0.25, -0.2) is 0 Å². The first-order chi connectivity index (χ1) is 9.57. The highest BCUT2D eigenvalue weighted by Gasteiger charge is 2.38. The number of rotatable bonds is 3. The zero-order chi connectivity index (χ0) is 14.6. The third-order valence-corrected chi connectivity index (χ3v) is 5.19. The molecule has 2 fully saturated rings. The van der Waals surface area contributed by atoms with Gasteiger partial charge in [-0.3, -0.25) is 4.90 Å². The van der Waals surface area contributed by atoms with Crippen molar-refractivity contribution in [1.82, 2.24) is 9.80 Å². The van der Waals surface area contributed by atoms with Gasteiger partial charge in [-0.05, 0) is 53.0 Å². The summed E-state index contributed by atoms with van der Waals surface area (Å²) in [5.41, 5.74) is 6.46. The molecule has 2 rings (SSSR count). The lowest BCUT2D eigenvalue weighted by Crippen LogP contribution is -2.56. The Morgan fingerprint density at radius 1 is 1.20 bits per heavy atom. The molecule has 2 heterocycles. The molecule has 0 aromatic rings. The number of hydrogen-bond donors (Lipinski definition) is 1. The first-order valence-corrected chi connectivity index (χ1v) is 8.38. The number of hydrogen-bond acceptors (Lipinski definition) is 4. The molecule has 2 N–H and O–H groups in total. The van der Waals surface area contributed by atoms with Crippen molar-refractivity contribution in [3.63, 3.8) is 0 Å². The third kappa shape index (κ3) is 3.73. The van der Waals surface area contributed by atoms with Crippen molar-refractivity contribution in [2.75, 3.05) is 39.3 Å². The Labute approximate surface area is 124 Å². The molecule has 0 bridgehead atoms. The van der Waals surface area contributed by atoms with E-state index in [2.05, 4.69) is 30.6 Å². The van der Waals surface area contributed by atoms with Gasteiger partial charge in [-0.2, -0.15) is 0 Å². The van der Waals surface area contributed by atoms with Gasteiger partial charge in [0, 0.05) is 44.4 Å². The van der Waals surface area contributed by atoms with Crippen molar-refractivity contribution >= 4 is 0 Å². The van der Waals surface area contributed by atoms with Crippen LogP contribution in [0, 0.1) is 0 Å². The molecule has 2 aliphatic heterocycles. The van der Waals surface area contributed by atoms with Gasteiger partial charge in [0.2, 0.25) is 0 Å². The number of nitrogens with two attached hydrogens (primary N) is 1. The van der Waals surface area contributed by atoms with Gasteiger partial charge in [0.1, 0.15) is 0 Å². The topological polar surface area (TPSA) is 41.7 Å². The van der Waals surface area contributed by atoms with E-state index in [9.17, 15) is 0 Å². The second kappa shape index (κ2) is 7.21. The minimum Gasteiger partial charge on any atom is -0.377 e. The number of likely N-dealkylation sites (tertiary alicyclic amines) is 1. The van der Waals surface area contributed by atoms with E-state index in [-0.39, 0.29) is 5.54 Å². The van der Waals surface area contributed by atoms with Crippen LogP contribution in [0.5, 0.6) is 0 Å². The highest BCUT2D eigenvalue weighted by atomic mass is 16.5. The summed E-state index contributed by atoms with van der Waals surface area (Å²) in [4.78, 5) is 5.25. The quantitative estimate of drug-likeness (QED) is 0.856. The molecule has 0 spiro atoms. The third-order valence-electron chi connectivity index (χ3n) is 5.19. The molecule has 2 unspecified atom stereocenters. The van der Waals surface area contributed by atoms with Gasteiger partial charge in [0.25, 0.3) is 0 Å². The second-order valence-corrected chi connectivity index (χ2v) is 6.89. The highest BCUT2D eigenvalue weighted by molar-refractivity contribution is 4.96. The first-order valence-electron chi connectivity index (χ1n) is 8.38. The summed E-state index contributed by atoms with van der Waals surface area (Å²) in [6.45, 7) is 13.1. The van der Waals surface area contributed by atoms with Crippen molar-refractivity contribution in [3.8, 4) is 0 Å². The lowest BCUT2D eigenvalue weighted by atomic mass is 9.88. The fourth-order valence-corrected chi connectivity index (χ4v) is 3.79. The largest absolute Gasteiger partial charge is 0.377 e. The van der Waals surface area contributed by atoms with E-state index in [0.29, 0.717) is 12.1 Å². The SMILES string of the molecule is CC1CN(C2(CN)CCCN(C(C)C)CC2)CCCO1. The Hall–Kier alpha value is -0.160. The summed E-state index contributed by atoms with van der Waals surface area (Å²) in [5.74, 6) is 0. The van der Waals surface area contributed by atoms with E-state index in [0.717, 1.165) is 32.7 Å². The maximum Gasteiger partial charge on any atom is 0.0674 e. The predicted molar refractivity (Wildman–Crippen MR) is 83.9 cm³/mol. The number of ether oxygens (including phenoxy) is 1. The summed E-state index contributed by atoms with van der Waals surface area (Å²) in [6.07, 6.45) is 5.18. The summed E-state index contributed by atoms with van der Waals surface area (Å²) in [7, 11) is 0. The van der Waals surface area contributed by atoms with Crippen LogP contribution >= 0.6 is 0 Å². The molecule has 0 aromatic carbocycles. The monoisotopic (exact) mass is 283 g/mol. The Morgan fingerprint density at radius 3 is 2.70 bits per heavy atom. The van der Waals surface area contributed by atoms with Crippen molar-refractivity contribution in [2.24, 2.45) is 5.73 Å². The molecule has 118 valence electrons. The molecule has 4 heteroatoms. The maximum atomic E-state index is 6.26. The Kier molecular flexibility index (Phi) is 5.84. The van der Waals surface area contributed by atoms with Crippen molar-refractivity contribution in [3.05, 3.63) is 0 Å². The zero-order valence-electron chi connectivity index (χ0n) is 13.6. The van der Waals surface area contributed by atoms with Crippen LogP contribution in [0.4, 0.5) is 0 Å². The average Bonchev–Trinajstić information content (AvgIpc) is 2.77. The van der Waals surface area contributed by atoms with E-state index in [1.165, 1.54) is 32.4 Å². The summed E-state index contributed by atoms with van der Waals surface area (Å²) in [6, 6.07) is 0.648. The van der Waals surface area contributed by atoms with E-state index in [1.807, 2.05) is 0 Å². The second-order valence-electron chi connectivity index (χ2n) is 6.89. The minimum atomic E-state index is 0.200. The molecule has 2 atom stereocenters. The fraction of sp³-hybridized carbons (Fsp3) is 1.00. The van der Waals surface area contributed by atoms with Crippen LogP contribution in [0.1, 0.15) is 46.5 Å². The Balaban J connectivity index is 2.07. The van der Waals surface area contributed by atoms with Crippen LogP contribution in [0.3, 0.4) is 0 Å². The smallest absolute Gasteiger partial charge is 0.0674 e. The predicted octanol–water partition coefficient (Wildman–Crippen LogP) is 1.69. The molecular weight excluding hydrogens is 250 g/mol. The van der Waals surface area contributed by atoms with Crippen molar-refractivity contribution < 1.29 is 4.74 Å². The summed E-state index contributed by atoms with van der Waals surface area (Å²) < 4.78 is 5.81. The van der Waals surface area contributed by atoms with Gasteiger partial charge in [-0.15, -0.1) is 0 Å². The summed E-state index contributed by atoms with van der Waals surface area (Å²) in [5, 5.41) is 0. The van der Waals surface area contributed by atoms with E-state index in [4.69, 9.17) is 10.5 Å². The molecular formula is C16H33N3O. The highest BCUT2D eigenvalue weighted by Crippen LogP contribution is 2.30. The minimum absolute atomic E-state index is 0.200. The van der Waals surface area contributed by atoms with Crippen LogP contribution in [0.2, 0.25) is 0 Å². The van der Waals surface area contributed by atoms with Gasteiger partial charge in [-0.1, -0.05) is 0 Å². The fourth-order valence-electron chi connectivity index (χ4n) is 3.79. The van der Waals surface area contributed by atoms with Crippen LogP contribution in [-0.2, 0) is 4.74 Å². The van der Waals surface area contributed by atoms with Gasteiger partial charge in [0.15, 0.2) is 0 Å². The molecule has 2 saturated heterocycles. The summed E-state index contributed by atoms with van der Waals surface area (Å²) >= 11 is 0. The van der Waals surface area contributed by atoms with Crippen LogP contribution in [-0.4, -0.2) is 66.8 Å². The Bertz CT molecular complexity index is 297. The lowest BCUT2D eigenvalue weighted by Gasteiger charge is -2.43. The molecule has 0 aromatic heterocycles. The van der Waals surface area contributed by atoms with Crippen LogP contribution in [0.15, 0.2) is 0 Å². The van der Waals surface area contributed by atoms with E-state index in [1.54, 1.807) is 0 Å². The molecule has 20 heavy (non-hydrogen) atoms. The van der Waals surface area contributed by atoms with Crippen molar-refractivity contribution in [2.45, 2.75) is 64.1 Å². The lowest BCUT2D eigenvalue weighted by molar-refractivity contribution is 0.0310. The normalized spacial score (nSPS) is 35.0. The maximum absolute atomic E-state index is 6.26. The number of nitrogens with zero attached hydrogens (tertiary/aromatic N) is 2. The first kappa shape index (κ1) is 16.2. The van der Waals surface area contributed by atoms with Crippen LogP contribution < -0.4 is 5.73 Å². The van der Waals surface area contributed by atoms with Crippen LogP contribution in [0.25, 0.3) is 0 Å². The van der Waals surface area contributed by atoms with Gasteiger partial charge >= 0.3 is 0 Å². The average molecular weight is 283 g/mol. The molecule has 0 aliphatic carbocycles.